The molecule has 68 heavy (non-hydrogen) atoms. The van der Waals surface area contributed by atoms with Gasteiger partial charge in [0.2, 0.25) is 0 Å². The first-order valence-electron chi connectivity index (χ1n) is 21.2. The van der Waals surface area contributed by atoms with Gasteiger partial charge >= 0.3 is 18.1 Å². The standard InChI is InChI=1S/C19H14Br2N2O3.C17H20Br2N2O2.C13H10Br2N2O2/c20-16-10-13(11-17(21)18(16)24)23-19(25)22-12-6-8-15(9-7-12)26-14-4-2-1-3-5-14;18-13-4-12(5-14(19)15(13)22)20-16(23)21-17-6-9-1-10(7-17)3-11(2-9)8-17;14-10-6-9(7-11(15)12(10)18)17-13(19)16-8-4-2-1-3-5-8/h1-11,24H,(H2,22,23,25);4-5,9-11,22H,1-3,6-8H2,(H2,20,21,23);1-7,18H,(H2,16,17,19). The van der Waals surface area contributed by atoms with E-state index < -0.39 is 6.03 Å². The zero-order valence-corrected chi connectivity index (χ0v) is 45.3. The van der Waals surface area contributed by atoms with Crippen LogP contribution in [0.3, 0.4) is 0 Å². The Kier molecular flexibility index (Phi) is 17.4. The Hall–Kier alpha value is -4.79. The van der Waals surface area contributed by atoms with Crippen molar-refractivity contribution in [3.05, 3.63) is 148 Å². The van der Waals surface area contributed by atoms with Crippen molar-refractivity contribution in [2.75, 3.05) is 26.6 Å². The average Bonchev–Trinajstić information content (AvgIpc) is 3.27. The fourth-order valence-electron chi connectivity index (χ4n) is 8.92. The molecule has 0 unspecified atom stereocenters. The lowest BCUT2D eigenvalue weighted by Crippen LogP contribution is -2.60. The predicted octanol–water partition coefficient (Wildman–Crippen LogP) is 15.9. The largest absolute Gasteiger partial charge is 0.506 e. The van der Waals surface area contributed by atoms with Gasteiger partial charge in [-0.2, -0.15) is 0 Å². The first-order valence-corrected chi connectivity index (χ1v) is 25.9. The van der Waals surface area contributed by atoms with Gasteiger partial charge in [0.15, 0.2) is 0 Å². The van der Waals surface area contributed by atoms with Gasteiger partial charge in [-0.15, -0.1) is 0 Å². The molecule has 354 valence electrons. The molecule has 0 radical (unpaired) electrons. The molecular weight excluding hydrogens is 1260 g/mol. The lowest BCUT2D eigenvalue weighted by atomic mass is 9.53. The number of carbonyl (C=O) groups is 3. The highest BCUT2D eigenvalue weighted by atomic mass is 79.9. The Labute approximate surface area is 443 Å². The molecular formula is C49H44Br6N6O7. The van der Waals surface area contributed by atoms with Gasteiger partial charge in [0.1, 0.15) is 28.7 Å². The molecule has 0 atom stereocenters. The Balaban J connectivity index is 0.000000153. The zero-order chi connectivity index (χ0) is 48.5. The quantitative estimate of drug-likeness (QED) is 0.0677. The molecule has 0 aliphatic heterocycles. The number of urea groups is 3. The van der Waals surface area contributed by atoms with Gasteiger partial charge in [-0.1, -0.05) is 36.4 Å². The van der Waals surface area contributed by atoms with Crippen LogP contribution < -0.4 is 36.6 Å². The Morgan fingerprint density at radius 3 is 1.12 bits per heavy atom. The van der Waals surface area contributed by atoms with Crippen molar-refractivity contribution in [2.24, 2.45) is 17.8 Å². The van der Waals surface area contributed by atoms with E-state index >= 15 is 0 Å². The Morgan fingerprint density at radius 2 is 0.735 bits per heavy atom. The highest BCUT2D eigenvalue weighted by Gasteiger charge is 2.51. The number of rotatable bonds is 8. The van der Waals surface area contributed by atoms with Gasteiger partial charge in [0.25, 0.3) is 0 Å². The maximum Gasteiger partial charge on any atom is 0.323 e. The van der Waals surface area contributed by atoms with Gasteiger partial charge in [-0.3, -0.25) is 0 Å². The molecule has 0 aromatic heterocycles. The first-order chi connectivity index (χ1) is 32.5. The van der Waals surface area contributed by atoms with Gasteiger partial charge in [-0.25, -0.2) is 14.4 Å². The third-order valence-electron chi connectivity index (χ3n) is 11.4. The van der Waals surface area contributed by atoms with E-state index in [1.807, 2.05) is 48.5 Å². The molecule has 0 heterocycles. The van der Waals surface area contributed by atoms with Crippen molar-refractivity contribution >= 4 is 142 Å². The second kappa shape index (κ2) is 23.2. The minimum atomic E-state index is -0.397. The van der Waals surface area contributed by atoms with Gasteiger partial charge in [0.05, 0.1) is 26.8 Å². The molecule has 6 aromatic rings. The molecule has 0 spiro atoms. The summed E-state index contributed by atoms with van der Waals surface area (Å²) in [5.74, 6) is 4.13. The van der Waals surface area contributed by atoms with E-state index in [0.29, 0.717) is 61.0 Å². The number of hydrogen-bond donors (Lipinski definition) is 9. The summed E-state index contributed by atoms with van der Waals surface area (Å²) >= 11 is 19.4. The monoisotopic (exact) mass is 1300 g/mol. The number of phenols is 3. The van der Waals surface area contributed by atoms with E-state index in [2.05, 4.69) is 127 Å². The smallest absolute Gasteiger partial charge is 0.323 e. The van der Waals surface area contributed by atoms with Crippen LogP contribution >= 0.6 is 95.6 Å². The fourth-order valence-corrected chi connectivity index (χ4v) is 12.5. The summed E-state index contributed by atoms with van der Waals surface area (Å²) in [5, 5.41) is 46.0. The number of anilines is 5. The summed E-state index contributed by atoms with van der Waals surface area (Å²) in [6.07, 6.45) is 7.49. The summed E-state index contributed by atoms with van der Waals surface area (Å²) < 4.78 is 8.76. The molecule has 4 aliphatic rings. The van der Waals surface area contributed by atoms with Crippen LogP contribution in [0, 0.1) is 17.8 Å². The van der Waals surface area contributed by atoms with Crippen molar-refractivity contribution in [3.63, 3.8) is 0 Å². The van der Waals surface area contributed by atoms with Crippen LogP contribution in [0.5, 0.6) is 28.7 Å². The Bertz CT molecular complexity index is 2670. The summed E-state index contributed by atoms with van der Waals surface area (Å²) in [6, 6.07) is 34.6. The number of aromatic hydroxyl groups is 3. The topological polar surface area (TPSA) is 193 Å². The van der Waals surface area contributed by atoms with Crippen molar-refractivity contribution in [3.8, 4) is 28.7 Å². The van der Waals surface area contributed by atoms with E-state index in [1.54, 1.807) is 72.8 Å². The number of para-hydroxylation sites is 2. The Morgan fingerprint density at radius 1 is 0.426 bits per heavy atom. The summed E-state index contributed by atoms with van der Waals surface area (Å²) in [7, 11) is 0. The molecule has 4 bridgehead atoms. The van der Waals surface area contributed by atoms with Crippen molar-refractivity contribution in [2.45, 2.75) is 44.1 Å². The molecule has 4 saturated carbocycles. The number of ether oxygens (including phenoxy) is 1. The van der Waals surface area contributed by atoms with Gasteiger partial charge in [-0.05, 0) is 237 Å². The number of benzene rings is 6. The van der Waals surface area contributed by atoms with Crippen LogP contribution in [0.2, 0.25) is 0 Å². The van der Waals surface area contributed by atoms with Crippen molar-refractivity contribution in [1.29, 1.82) is 0 Å². The third-order valence-corrected chi connectivity index (χ3v) is 15.0. The highest BCUT2D eigenvalue weighted by molar-refractivity contribution is 9.12. The number of halogens is 6. The third kappa shape index (κ3) is 14.2. The molecule has 6 amide bonds. The maximum atomic E-state index is 12.5. The average molecular weight is 1310 g/mol. The lowest BCUT2D eigenvalue weighted by Gasteiger charge is -2.56. The van der Waals surface area contributed by atoms with Crippen molar-refractivity contribution < 1.29 is 34.4 Å². The molecule has 4 fully saturated rings. The molecule has 19 heteroatoms. The molecule has 13 nitrogen and oxygen atoms in total. The molecule has 0 saturated heterocycles. The summed E-state index contributed by atoms with van der Waals surface area (Å²) in [5.41, 5.74) is 3.08. The van der Waals surface area contributed by atoms with Crippen LogP contribution in [-0.2, 0) is 0 Å². The van der Waals surface area contributed by atoms with Crippen LogP contribution in [-0.4, -0.2) is 39.0 Å². The van der Waals surface area contributed by atoms with E-state index in [9.17, 15) is 29.7 Å². The van der Waals surface area contributed by atoms with Crippen LogP contribution in [0.15, 0.2) is 148 Å². The first kappa shape index (κ1) is 51.1. The molecule has 4 aliphatic carbocycles. The summed E-state index contributed by atoms with van der Waals surface area (Å²) in [4.78, 5) is 36.4. The molecule has 6 aromatic carbocycles. The number of phenolic OH excluding ortho intramolecular Hbond substituents is 3. The normalized spacial score (nSPS) is 18.4. The second-order valence-electron chi connectivity index (χ2n) is 16.6. The van der Waals surface area contributed by atoms with Crippen molar-refractivity contribution in [1.82, 2.24) is 5.32 Å². The minimum Gasteiger partial charge on any atom is -0.506 e. The highest BCUT2D eigenvalue weighted by Crippen LogP contribution is 2.55. The van der Waals surface area contributed by atoms with Gasteiger partial charge in [0, 0.05) is 34.0 Å². The minimum absolute atomic E-state index is 0.00418. The van der Waals surface area contributed by atoms with E-state index in [1.165, 1.54) is 19.3 Å². The van der Waals surface area contributed by atoms with E-state index in [0.717, 1.165) is 42.8 Å². The summed E-state index contributed by atoms with van der Waals surface area (Å²) in [6.45, 7) is 0. The van der Waals surface area contributed by atoms with E-state index in [-0.39, 0.29) is 34.8 Å². The number of carbonyl (C=O) groups excluding carboxylic acids is 3. The van der Waals surface area contributed by atoms with Crippen LogP contribution in [0.25, 0.3) is 0 Å². The predicted molar refractivity (Wildman–Crippen MR) is 288 cm³/mol. The molecule has 9 N–H and O–H groups in total. The van der Waals surface area contributed by atoms with Crippen LogP contribution in [0.1, 0.15) is 38.5 Å². The van der Waals surface area contributed by atoms with Crippen LogP contribution in [0.4, 0.5) is 42.8 Å². The SMILES string of the molecule is O=C(Nc1cc(Br)c(O)c(Br)c1)NC12CC3CC(CC(C3)C1)C2.O=C(Nc1ccc(Oc2ccccc2)cc1)Nc1cc(Br)c(O)c(Br)c1.O=C(Nc1ccccc1)Nc1cc(Br)c(O)c(Br)c1. The second-order valence-corrected chi connectivity index (χ2v) is 21.7. The van der Waals surface area contributed by atoms with Gasteiger partial charge < -0.3 is 52.0 Å². The number of nitrogens with one attached hydrogen (secondary N) is 6. The number of amides is 6. The van der Waals surface area contributed by atoms with E-state index in [4.69, 9.17) is 4.74 Å². The number of hydrogen-bond acceptors (Lipinski definition) is 7. The lowest BCUT2D eigenvalue weighted by molar-refractivity contribution is -0.0127. The maximum absolute atomic E-state index is 12.5. The fraction of sp³-hybridized carbons (Fsp3) is 0.204. The molecule has 10 rings (SSSR count). The zero-order valence-electron chi connectivity index (χ0n) is 35.8.